The second-order valence-electron chi connectivity index (χ2n) is 4.16. The molecular weight excluding hydrogens is 184 g/mol. The second kappa shape index (κ2) is 7.33. The molecule has 0 unspecified atom stereocenters. The summed E-state index contributed by atoms with van der Waals surface area (Å²) in [4.78, 5) is 0. The first-order chi connectivity index (χ1) is 7.33. The predicted octanol–water partition coefficient (Wildman–Crippen LogP) is 4.73. The van der Waals surface area contributed by atoms with E-state index in [4.69, 9.17) is 0 Å². The monoisotopic (exact) mass is 205 g/mol. The van der Waals surface area contributed by atoms with Gasteiger partial charge in [-0.3, -0.25) is 5.11 Å². The van der Waals surface area contributed by atoms with Crippen LogP contribution in [0, 0.1) is 0 Å². The average Bonchev–Trinajstić information content (AvgIpc) is 2.26. The molecule has 1 radical (unpaired) electrons. The summed E-state index contributed by atoms with van der Waals surface area (Å²) in [7, 11) is 0. The van der Waals surface area contributed by atoms with Gasteiger partial charge < -0.3 is 0 Å². The van der Waals surface area contributed by atoms with Gasteiger partial charge in [0.25, 0.3) is 0 Å². The zero-order valence-electron chi connectivity index (χ0n) is 9.67. The van der Waals surface area contributed by atoms with Crippen LogP contribution in [0.3, 0.4) is 0 Å². The molecule has 1 aromatic rings. The van der Waals surface area contributed by atoms with Gasteiger partial charge in [0.2, 0.25) is 0 Å². The Morgan fingerprint density at radius 1 is 0.867 bits per heavy atom. The molecule has 0 heterocycles. The molecular formula is C14H21O. The number of aryl methyl sites for hydroxylation is 1. The summed E-state index contributed by atoms with van der Waals surface area (Å²) in [5.41, 5.74) is 1.30. The fraction of sp³-hybridized carbons (Fsp3) is 0.571. The molecule has 1 aromatic carbocycles. The van der Waals surface area contributed by atoms with Crippen molar-refractivity contribution in [1.82, 2.24) is 0 Å². The van der Waals surface area contributed by atoms with Gasteiger partial charge in [-0.05, 0) is 30.5 Å². The maximum absolute atomic E-state index is 10.9. The van der Waals surface area contributed by atoms with E-state index in [0.29, 0.717) is 0 Å². The maximum Gasteiger partial charge on any atom is 0.178 e. The third-order valence-corrected chi connectivity index (χ3v) is 2.74. The van der Waals surface area contributed by atoms with Crippen LogP contribution in [-0.2, 0) is 11.5 Å². The van der Waals surface area contributed by atoms with Gasteiger partial charge in [0.05, 0.1) is 0 Å². The highest BCUT2D eigenvalue weighted by Gasteiger charge is 1.95. The molecule has 1 heteroatoms. The molecule has 0 aliphatic heterocycles. The molecule has 83 valence electrons. The van der Waals surface area contributed by atoms with Gasteiger partial charge >= 0.3 is 0 Å². The summed E-state index contributed by atoms with van der Waals surface area (Å²) in [6.45, 7) is 2.24. The molecule has 0 atom stereocenters. The number of benzene rings is 1. The fourth-order valence-corrected chi connectivity index (χ4v) is 1.77. The Hall–Kier alpha value is -0.980. The zero-order chi connectivity index (χ0) is 10.9. The lowest BCUT2D eigenvalue weighted by atomic mass is 10.1. The summed E-state index contributed by atoms with van der Waals surface area (Å²) < 4.78 is 0. The standard InChI is InChI=1S/C14H21O/c1-2-3-4-5-6-7-8-13-9-11-14(15)12-10-13/h9-12H,2-8H2,1H3. The van der Waals surface area contributed by atoms with Crippen molar-refractivity contribution in [1.29, 1.82) is 0 Å². The molecule has 0 amide bonds. The van der Waals surface area contributed by atoms with E-state index in [0.717, 1.165) is 6.42 Å². The zero-order valence-corrected chi connectivity index (χ0v) is 9.67. The minimum absolute atomic E-state index is 0.113. The van der Waals surface area contributed by atoms with Gasteiger partial charge in [-0.1, -0.05) is 51.2 Å². The van der Waals surface area contributed by atoms with Crippen molar-refractivity contribution in [2.75, 3.05) is 0 Å². The van der Waals surface area contributed by atoms with Gasteiger partial charge in [0.1, 0.15) is 0 Å². The molecule has 0 aliphatic carbocycles. The number of unbranched alkanes of at least 4 members (excludes halogenated alkanes) is 5. The molecule has 0 fully saturated rings. The van der Waals surface area contributed by atoms with Crippen molar-refractivity contribution < 1.29 is 5.11 Å². The van der Waals surface area contributed by atoms with Gasteiger partial charge in [-0.2, -0.15) is 0 Å². The first-order valence-electron chi connectivity index (χ1n) is 6.09. The Morgan fingerprint density at radius 2 is 1.47 bits per heavy atom. The number of hydrogen-bond acceptors (Lipinski definition) is 0. The van der Waals surface area contributed by atoms with Crippen LogP contribution in [0.1, 0.15) is 51.0 Å². The molecule has 0 bridgehead atoms. The van der Waals surface area contributed by atoms with Crippen molar-refractivity contribution >= 4 is 0 Å². The van der Waals surface area contributed by atoms with Crippen LogP contribution in [0.5, 0.6) is 5.75 Å². The van der Waals surface area contributed by atoms with E-state index in [1.807, 2.05) is 12.1 Å². The van der Waals surface area contributed by atoms with Crippen molar-refractivity contribution in [3.63, 3.8) is 0 Å². The quantitative estimate of drug-likeness (QED) is 0.573. The van der Waals surface area contributed by atoms with Gasteiger partial charge in [-0.15, -0.1) is 0 Å². The van der Waals surface area contributed by atoms with Gasteiger partial charge in [0.15, 0.2) is 5.75 Å². The van der Waals surface area contributed by atoms with Gasteiger partial charge in [-0.25, -0.2) is 0 Å². The highest BCUT2D eigenvalue weighted by Crippen LogP contribution is 2.13. The summed E-state index contributed by atoms with van der Waals surface area (Å²) in [6, 6.07) is 7.22. The topological polar surface area (TPSA) is 19.9 Å². The average molecular weight is 205 g/mol. The summed E-state index contributed by atoms with van der Waals surface area (Å²) in [6.07, 6.45) is 9.09. The van der Waals surface area contributed by atoms with Crippen LogP contribution >= 0.6 is 0 Å². The molecule has 0 saturated heterocycles. The SMILES string of the molecule is CCCCCCCCc1ccc([O])cc1. The molecule has 0 aliphatic rings. The van der Waals surface area contributed by atoms with E-state index in [1.165, 1.54) is 44.1 Å². The molecule has 1 rings (SSSR count). The second-order valence-corrected chi connectivity index (χ2v) is 4.16. The van der Waals surface area contributed by atoms with E-state index in [2.05, 4.69) is 6.92 Å². The first-order valence-corrected chi connectivity index (χ1v) is 6.09. The number of hydrogen-bond donors (Lipinski definition) is 0. The smallest absolute Gasteiger partial charge is 0.178 e. The van der Waals surface area contributed by atoms with Crippen LogP contribution in [0.25, 0.3) is 0 Å². The van der Waals surface area contributed by atoms with E-state index < -0.39 is 0 Å². The Bertz CT molecular complexity index is 251. The van der Waals surface area contributed by atoms with Crippen LogP contribution < -0.4 is 0 Å². The van der Waals surface area contributed by atoms with Crippen molar-refractivity contribution in [2.45, 2.75) is 51.9 Å². The maximum atomic E-state index is 10.9. The normalized spacial score (nSPS) is 10.5. The Morgan fingerprint density at radius 3 is 2.13 bits per heavy atom. The Balaban J connectivity index is 2.07. The lowest BCUT2D eigenvalue weighted by Crippen LogP contribution is -1.85. The molecule has 0 aromatic heterocycles. The van der Waals surface area contributed by atoms with Crippen LogP contribution in [0.2, 0.25) is 0 Å². The van der Waals surface area contributed by atoms with Crippen LogP contribution in [0.4, 0.5) is 0 Å². The largest absolute Gasteiger partial charge is 0.290 e. The summed E-state index contributed by atoms with van der Waals surface area (Å²) in [5.74, 6) is 0.113. The number of rotatable bonds is 7. The highest BCUT2D eigenvalue weighted by molar-refractivity contribution is 5.25. The van der Waals surface area contributed by atoms with Crippen LogP contribution in [0.15, 0.2) is 24.3 Å². The van der Waals surface area contributed by atoms with Crippen molar-refractivity contribution in [2.24, 2.45) is 0 Å². The summed E-state index contributed by atoms with van der Waals surface area (Å²) >= 11 is 0. The minimum atomic E-state index is 0.113. The molecule has 0 N–H and O–H groups in total. The Kier molecular flexibility index (Phi) is 5.91. The highest BCUT2D eigenvalue weighted by atomic mass is 16.3. The lowest BCUT2D eigenvalue weighted by Gasteiger charge is -2.01. The van der Waals surface area contributed by atoms with E-state index in [1.54, 1.807) is 12.1 Å². The third kappa shape index (κ3) is 5.46. The molecule has 15 heavy (non-hydrogen) atoms. The molecule has 0 spiro atoms. The van der Waals surface area contributed by atoms with Gasteiger partial charge in [0, 0.05) is 0 Å². The summed E-state index contributed by atoms with van der Waals surface area (Å²) in [5, 5.41) is 10.9. The molecule has 1 nitrogen and oxygen atoms in total. The lowest BCUT2D eigenvalue weighted by molar-refractivity contribution is 0.355. The van der Waals surface area contributed by atoms with Crippen molar-refractivity contribution in [3.8, 4) is 5.75 Å². The first kappa shape index (κ1) is 12.1. The molecule has 0 saturated carbocycles. The predicted molar refractivity (Wildman–Crippen MR) is 63.7 cm³/mol. The van der Waals surface area contributed by atoms with Crippen LogP contribution in [-0.4, -0.2) is 0 Å². The third-order valence-electron chi connectivity index (χ3n) is 2.74. The van der Waals surface area contributed by atoms with Crippen molar-refractivity contribution in [3.05, 3.63) is 29.8 Å². The Labute approximate surface area is 93.1 Å². The van der Waals surface area contributed by atoms with E-state index >= 15 is 0 Å². The van der Waals surface area contributed by atoms with E-state index in [-0.39, 0.29) is 5.75 Å². The minimum Gasteiger partial charge on any atom is -0.290 e. The van der Waals surface area contributed by atoms with E-state index in [9.17, 15) is 5.11 Å². The fourth-order valence-electron chi connectivity index (χ4n) is 1.77.